The average Bonchev–Trinajstić information content (AvgIpc) is 2.59. The number of ether oxygens (including phenoxy) is 1. The number of carbonyl (C=O) groups excluding carboxylic acids is 1. The Hall–Kier alpha value is -2.38. The molecular weight excluding hydrogens is 342 g/mol. The standard InChI is InChI=1S/C18H21NO5S/c1-12(2)17(18(21)24-3)19(25(22)23)15-8-4-13(5-9-15)14-6-10-16(20)11-7-14/h4-12,17,20H,1-3H3,(H,22,23). The largest absolute Gasteiger partial charge is 0.508 e. The molecule has 0 aliphatic heterocycles. The van der Waals surface area contributed by atoms with Crippen molar-refractivity contribution in [2.24, 2.45) is 5.92 Å². The topological polar surface area (TPSA) is 87.1 Å². The van der Waals surface area contributed by atoms with Crippen LogP contribution in [0.25, 0.3) is 11.1 Å². The van der Waals surface area contributed by atoms with E-state index in [0.717, 1.165) is 15.4 Å². The van der Waals surface area contributed by atoms with Gasteiger partial charge in [0.25, 0.3) is 11.3 Å². The number of aromatic hydroxyl groups is 1. The van der Waals surface area contributed by atoms with Crippen LogP contribution in [0.15, 0.2) is 48.5 Å². The van der Waals surface area contributed by atoms with Crippen LogP contribution in [0.4, 0.5) is 5.69 Å². The van der Waals surface area contributed by atoms with Gasteiger partial charge in [-0.1, -0.05) is 38.1 Å². The molecule has 0 saturated heterocycles. The Bertz CT molecular complexity index is 743. The summed E-state index contributed by atoms with van der Waals surface area (Å²) < 4.78 is 27.5. The van der Waals surface area contributed by atoms with E-state index in [4.69, 9.17) is 4.74 Å². The second-order valence-electron chi connectivity index (χ2n) is 5.86. The zero-order valence-electron chi connectivity index (χ0n) is 14.2. The second-order valence-corrected chi connectivity index (χ2v) is 6.72. The highest BCUT2D eigenvalue weighted by atomic mass is 32.2. The van der Waals surface area contributed by atoms with Gasteiger partial charge in [-0.15, -0.1) is 0 Å². The molecule has 0 amide bonds. The molecule has 2 aromatic carbocycles. The summed E-state index contributed by atoms with van der Waals surface area (Å²) >= 11 is -2.38. The molecule has 0 aliphatic carbocycles. The lowest BCUT2D eigenvalue weighted by Crippen LogP contribution is -2.46. The minimum absolute atomic E-state index is 0.181. The third-order valence-corrected chi connectivity index (χ3v) is 4.59. The van der Waals surface area contributed by atoms with Crippen molar-refractivity contribution in [3.8, 4) is 16.9 Å². The van der Waals surface area contributed by atoms with E-state index in [1.165, 1.54) is 7.11 Å². The van der Waals surface area contributed by atoms with E-state index in [0.29, 0.717) is 5.69 Å². The van der Waals surface area contributed by atoms with E-state index < -0.39 is 23.3 Å². The van der Waals surface area contributed by atoms with Crippen molar-refractivity contribution < 1.29 is 23.4 Å². The first kappa shape index (κ1) is 19.0. The van der Waals surface area contributed by atoms with Crippen molar-refractivity contribution >= 4 is 22.9 Å². The van der Waals surface area contributed by atoms with Gasteiger partial charge in [0, 0.05) is 0 Å². The number of nitrogens with zero attached hydrogens (tertiary/aromatic N) is 1. The fraction of sp³-hybridized carbons (Fsp3) is 0.278. The summed E-state index contributed by atoms with van der Waals surface area (Å²) in [6.45, 7) is 3.57. The number of benzene rings is 2. The lowest BCUT2D eigenvalue weighted by molar-refractivity contribution is -0.142. The molecule has 0 heterocycles. The van der Waals surface area contributed by atoms with Crippen LogP contribution in [0.3, 0.4) is 0 Å². The van der Waals surface area contributed by atoms with Crippen LogP contribution >= 0.6 is 0 Å². The number of hydrogen-bond acceptors (Lipinski definition) is 4. The van der Waals surface area contributed by atoms with Crippen molar-refractivity contribution in [1.82, 2.24) is 0 Å². The van der Waals surface area contributed by atoms with Gasteiger partial charge in [0.1, 0.15) is 11.8 Å². The number of anilines is 1. The Morgan fingerprint density at radius 1 is 1.04 bits per heavy atom. The molecular formula is C18H21NO5S. The maximum atomic E-state index is 12.1. The molecule has 134 valence electrons. The third-order valence-electron chi connectivity index (χ3n) is 3.82. The molecule has 0 radical (unpaired) electrons. The molecule has 0 saturated carbocycles. The molecule has 0 fully saturated rings. The molecule has 2 unspecified atom stereocenters. The summed E-state index contributed by atoms with van der Waals surface area (Å²) in [7, 11) is 1.25. The van der Waals surface area contributed by atoms with Crippen molar-refractivity contribution in [2.75, 3.05) is 11.4 Å². The third kappa shape index (κ3) is 4.37. The molecule has 0 aromatic heterocycles. The van der Waals surface area contributed by atoms with Crippen LogP contribution in [0.1, 0.15) is 13.8 Å². The highest BCUT2D eigenvalue weighted by Crippen LogP contribution is 2.28. The van der Waals surface area contributed by atoms with Gasteiger partial charge in [-0.2, -0.15) is 0 Å². The SMILES string of the molecule is COC(=O)C(C(C)C)N(c1ccc(-c2ccc(O)cc2)cc1)S(=O)O. The minimum Gasteiger partial charge on any atom is -0.508 e. The first-order valence-electron chi connectivity index (χ1n) is 7.72. The number of rotatable bonds is 6. The van der Waals surface area contributed by atoms with Crippen molar-refractivity contribution in [2.45, 2.75) is 19.9 Å². The summed E-state index contributed by atoms with van der Waals surface area (Å²) in [4.78, 5) is 12.1. The molecule has 2 rings (SSSR count). The molecule has 0 spiro atoms. The lowest BCUT2D eigenvalue weighted by atomic mass is 10.0. The molecule has 0 bridgehead atoms. The normalized spacial score (nSPS) is 13.3. The summed E-state index contributed by atoms with van der Waals surface area (Å²) in [6.07, 6.45) is 0. The van der Waals surface area contributed by atoms with Gasteiger partial charge in [0.05, 0.1) is 12.8 Å². The fourth-order valence-electron chi connectivity index (χ4n) is 2.56. The Morgan fingerprint density at radius 3 is 1.92 bits per heavy atom. The monoisotopic (exact) mass is 363 g/mol. The number of carbonyl (C=O) groups is 1. The van der Waals surface area contributed by atoms with Gasteiger partial charge in [-0.3, -0.25) is 8.86 Å². The molecule has 7 heteroatoms. The van der Waals surface area contributed by atoms with Crippen LogP contribution < -0.4 is 4.31 Å². The smallest absolute Gasteiger partial charge is 0.329 e. The van der Waals surface area contributed by atoms with Gasteiger partial charge in [-0.25, -0.2) is 9.00 Å². The minimum atomic E-state index is -2.38. The Labute approximate surface area is 149 Å². The van der Waals surface area contributed by atoms with Crippen molar-refractivity contribution in [1.29, 1.82) is 0 Å². The zero-order valence-corrected chi connectivity index (χ0v) is 15.1. The molecule has 2 N–H and O–H groups in total. The fourth-order valence-corrected chi connectivity index (χ4v) is 3.39. The van der Waals surface area contributed by atoms with E-state index in [-0.39, 0.29) is 11.7 Å². The van der Waals surface area contributed by atoms with Crippen LogP contribution in [-0.4, -0.2) is 33.0 Å². The molecule has 6 nitrogen and oxygen atoms in total. The van der Waals surface area contributed by atoms with Crippen molar-refractivity contribution in [3.05, 3.63) is 48.5 Å². The zero-order chi connectivity index (χ0) is 18.6. The van der Waals surface area contributed by atoms with Gasteiger partial charge in [-0.05, 0) is 41.3 Å². The quantitative estimate of drug-likeness (QED) is 0.608. The van der Waals surface area contributed by atoms with E-state index in [9.17, 15) is 18.7 Å². The average molecular weight is 363 g/mol. The van der Waals surface area contributed by atoms with Gasteiger partial charge >= 0.3 is 5.97 Å². The lowest BCUT2D eigenvalue weighted by Gasteiger charge is -2.30. The van der Waals surface area contributed by atoms with Gasteiger partial charge in [0.2, 0.25) is 0 Å². The summed E-state index contributed by atoms with van der Waals surface area (Å²) in [5.74, 6) is -0.611. The highest BCUT2D eigenvalue weighted by molar-refractivity contribution is 7.80. The Kier molecular flexibility index (Phi) is 6.17. The summed E-state index contributed by atoms with van der Waals surface area (Å²) in [6, 6.07) is 12.8. The number of hydrogen-bond donors (Lipinski definition) is 2. The van der Waals surface area contributed by atoms with Crippen LogP contribution in [0.2, 0.25) is 0 Å². The first-order chi connectivity index (χ1) is 11.8. The maximum Gasteiger partial charge on any atom is 0.329 e. The highest BCUT2D eigenvalue weighted by Gasteiger charge is 2.33. The van der Waals surface area contributed by atoms with Crippen LogP contribution in [-0.2, 0) is 20.8 Å². The van der Waals surface area contributed by atoms with E-state index in [1.54, 1.807) is 62.4 Å². The van der Waals surface area contributed by atoms with E-state index in [1.807, 2.05) is 0 Å². The predicted octanol–water partition coefficient (Wildman–Crippen LogP) is 3.20. The predicted molar refractivity (Wildman–Crippen MR) is 97.4 cm³/mol. The van der Waals surface area contributed by atoms with Gasteiger partial charge in [0.15, 0.2) is 0 Å². The second kappa shape index (κ2) is 8.13. The first-order valence-corrected chi connectivity index (χ1v) is 8.79. The Morgan fingerprint density at radius 2 is 1.52 bits per heavy atom. The van der Waals surface area contributed by atoms with Crippen molar-refractivity contribution in [3.63, 3.8) is 0 Å². The number of methoxy groups -OCH3 is 1. The van der Waals surface area contributed by atoms with Gasteiger partial charge < -0.3 is 9.84 Å². The number of esters is 1. The molecule has 0 aliphatic rings. The Balaban J connectivity index is 2.37. The van der Waals surface area contributed by atoms with Crippen LogP contribution in [0.5, 0.6) is 5.75 Å². The molecule has 2 aromatic rings. The van der Waals surface area contributed by atoms with E-state index in [2.05, 4.69) is 0 Å². The van der Waals surface area contributed by atoms with E-state index >= 15 is 0 Å². The summed E-state index contributed by atoms with van der Waals surface area (Å²) in [5, 5.41) is 9.36. The van der Waals surface area contributed by atoms with Crippen LogP contribution in [0, 0.1) is 5.92 Å². The maximum absolute atomic E-state index is 12.1. The summed E-state index contributed by atoms with van der Waals surface area (Å²) in [5.41, 5.74) is 2.22. The number of phenols is 1. The number of phenolic OH excluding ortho intramolecular Hbond substituents is 1. The molecule has 2 atom stereocenters. The molecule has 25 heavy (non-hydrogen) atoms.